The number of halogens is 3. The number of hydrogen-bond acceptors (Lipinski definition) is 7. The summed E-state index contributed by atoms with van der Waals surface area (Å²) < 4.78 is 45.6. The molecule has 1 spiro atoms. The zero-order valence-electron chi connectivity index (χ0n) is 19.3. The van der Waals surface area contributed by atoms with Gasteiger partial charge in [0.15, 0.2) is 0 Å². The molecule has 1 unspecified atom stereocenters. The number of ether oxygens (including phenoxy) is 2. The van der Waals surface area contributed by atoms with E-state index in [0.29, 0.717) is 18.5 Å². The van der Waals surface area contributed by atoms with Crippen molar-refractivity contribution < 1.29 is 32.5 Å². The monoisotopic (exact) mass is 485 g/mol. The number of carboxylic acids is 1. The van der Waals surface area contributed by atoms with Crippen LogP contribution in [0.4, 0.5) is 13.2 Å². The molecule has 1 N–H and O–H groups in total. The van der Waals surface area contributed by atoms with E-state index in [2.05, 4.69) is 33.1 Å². The SMILES string of the molecule is CCn1cc(CN2CC3(CC(CCOc4nccc(C)n4)CCO3)C2)cn1.O=C(O)C(F)(F)F. The highest BCUT2D eigenvalue weighted by molar-refractivity contribution is 5.73. The molecule has 0 radical (unpaired) electrons. The summed E-state index contributed by atoms with van der Waals surface area (Å²) in [5.74, 6) is -2.11. The molecule has 0 amide bonds. The van der Waals surface area contributed by atoms with Gasteiger partial charge in [0.25, 0.3) is 0 Å². The van der Waals surface area contributed by atoms with Crippen LogP contribution in [0, 0.1) is 12.8 Å². The van der Waals surface area contributed by atoms with Crippen molar-refractivity contribution in [2.24, 2.45) is 5.92 Å². The van der Waals surface area contributed by atoms with Crippen LogP contribution in [-0.4, -0.2) is 73.8 Å². The number of aromatic nitrogens is 4. The van der Waals surface area contributed by atoms with Gasteiger partial charge in [0, 0.05) is 56.4 Å². The van der Waals surface area contributed by atoms with Gasteiger partial charge in [-0.15, -0.1) is 0 Å². The third-order valence-electron chi connectivity index (χ3n) is 5.81. The Morgan fingerprint density at radius 3 is 2.74 bits per heavy atom. The van der Waals surface area contributed by atoms with Gasteiger partial charge in [-0.2, -0.15) is 18.3 Å². The average Bonchev–Trinajstić information content (AvgIpc) is 3.20. The molecule has 188 valence electrons. The molecule has 1 atom stereocenters. The molecule has 12 heteroatoms. The van der Waals surface area contributed by atoms with Gasteiger partial charge in [0.2, 0.25) is 0 Å². The number of likely N-dealkylation sites (tertiary alicyclic amines) is 1. The predicted octanol–water partition coefficient (Wildman–Crippen LogP) is 3.08. The van der Waals surface area contributed by atoms with E-state index in [1.807, 2.05) is 23.9 Å². The first kappa shape index (κ1) is 25.9. The van der Waals surface area contributed by atoms with Crippen molar-refractivity contribution in [2.45, 2.75) is 58.0 Å². The van der Waals surface area contributed by atoms with Crippen LogP contribution >= 0.6 is 0 Å². The number of rotatable bonds is 7. The van der Waals surface area contributed by atoms with Crippen molar-refractivity contribution in [1.82, 2.24) is 24.6 Å². The second-order valence-electron chi connectivity index (χ2n) is 8.66. The molecular formula is C22H30F3N5O4. The fourth-order valence-corrected chi connectivity index (χ4v) is 4.21. The van der Waals surface area contributed by atoms with Crippen molar-refractivity contribution in [3.8, 4) is 6.01 Å². The first-order valence-corrected chi connectivity index (χ1v) is 11.2. The van der Waals surface area contributed by atoms with E-state index in [9.17, 15) is 13.2 Å². The molecular weight excluding hydrogens is 455 g/mol. The van der Waals surface area contributed by atoms with Gasteiger partial charge in [-0.05, 0) is 45.1 Å². The zero-order chi connectivity index (χ0) is 24.8. The Morgan fingerprint density at radius 2 is 2.12 bits per heavy atom. The number of aliphatic carboxylic acids is 1. The third-order valence-corrected chi connectivity index (χ3v) is 5.81. The van der Waals surface area contributed by atoms with Crippen LogP contribution in [0.5, 0.6) is 6.01 Å². The largest absolute Gasteiger partial charge is 0.490 e. The lowest BCUT2D eigenvalue weighted by atomic mass is 9.79. The normalized spacial score (nSPS) is 19.7. The lowest BCUT2D eigenvalue weighted by molar-refractivity contribution is -0.192. The van der Waals surface area contributed by atoms with E-state index in [-0.39, 0.29) is 5.60 Å². The van der Waals surface area contributed by atoms with Crippen LogP contribution in [0.1, 0.15) is 37.4 Å². The molecule has 2 aromatic rings. The minimum Gasteiger partial charge on any atom is -0.475 e. The van der Waals surface area contributed by atoms with Gasteiger partial charge in [0.1, 0.15) is 0 Å². The summed E-state index contributed by atoms with van der Waals surface area (Å²) in [7, 11) is 0. The van der Waals surface area contributed by atoms with E-state index in [4.69, 9.17) is 19.4 Å². The molecule has 4 heterocycles. The second kappa shape index (κ2) is 11.1. The van der Waals surface area contributed by atoms with Crippen LogP contribution < -0.4 is 4.74 Å². The van der Waals surface area contributed by atoms with Gasteiger partial charge in [0.05, 0.1) is 18.4 Å². The third kappa shape index (κ3) is 7.39. The van der Waals surface area contributed by atoms with Crippen molar-refractivity contribution in [2.75, 3.05) is 26.3 Å². The van der Waals surface area contributed by atoms with E-state index >= 15 is 0 Å². The molecule has 2 saturated heterocycles. The standard InChI is InChI=1S/C20H29N5O2.C2HF3O2/c1-3-25-13-18(11-22-25)12-24-14-20(15-24)10-17(6-9-27-20)5-8-26-19-21-7-4-16(2)23-19;3-2(4,5)1(6)7/h4,7,11,13,17H,3,5-6,8-10,12,14-15H2,1-2H3;(H,6,7). The van der Waals surface area contributed by atoms with Crippen LogP contribution in [0.25, 0.3) is 0 Å². The Hall–Kier alpha value is -2.73. The van der Waals surface area contributed by atoms with Gasteiger partial charge in [-0.3, -0.25) is 9.58 Å². The fourth-order valence-electron chi connectivity index (χ4n) is 4.21. The van der Waals surface area contributed by atoms with Crippen LogP contribution in [0.3, 0.4) is 0 Å². The Bertz CT molecular complexity index is 947. The highest BCUT2D eigenvalue weighted by Gasteiger charge is 2.47. The fraction of sp³-hybridized carbons (Fsp3) is 0.636. The molecule has 2 aliphatic rings. The summed E-state index contributed by atoms with van der Waals surface area (Å²) in [5, 5.41) is 11.5. The second-order valence-corrected chi connectivity index (χ2v) is 8.66. The summed E-state index contributed by atoms with van der Waals surface area (Å²) in [4.78, 5) is 19.8. The summed E-state index contributed by atoms with van der Waals surface area (Å²) in [6, 6.07) is 2.37. The summed E-state index contributed by atoms with van der Waals surface area (Å²) in [6.45, 7) is 9.50. The topological polar surface area (TPSA) is 103 Å². The maximum absolute atomic E-state index is 10.6. The molecule has 34 heavy (non-hydrogen) atoms. The van der Waals surface area contributed by atoms with Gasteiger partial charge in [-0.1, -0.05) is 0 Å². The van der Waals surface area contributed by atoms with Crippen molar-refractivity contribution in [3.63, 3.8) is 0 Å². The lowest BCUT2D eigenvalue weighted by Crippen LogP contribution is -2.64. The van der Waals surface area contributed by atoms with Gasteiger partial charge >= 0.3 is 18.2 Å². The Labute approximate surface area is 195 Å². The number of nitrogens with zero attached hydrogens (tertiary/aromatic N) is 5. The van der Waals surface area contributed by atoms with Gasteiger partial charge in [-0.25, -0.2) is 14.8 Å². The van der Waals surface area contributed by atoms with Crippen molar-refractivity contribution >= 4 is 5.97 Å². The highest BCUT2D eigenvalue weighted by Crippen LogP contribution is 2.38. The number of carbonyl (C=O) groups is 1. The van der Waals surface area contributed by atoms with E-state index in [1.165, 1.54) is 5.56 Å². The average molecular weight is 486 g/mol. The highest BCUT2D eigenvalue weighted by atomic mass is 19.4. The zero-order valence-corrected chi connectivity index (χ0v) is 19.3. The molecule has 2 aromatic heterocycles. The van der Waals surface area contributed by atoms with E-state index in [1.54, 1.807) is 6.20 Å². The Morgan fingerprint density at radius 1 is 1.38 bits per heavy atom. The molecule has 4 rings (SSSR count). The van der Waals surface area contributed by atoms with Crippen LogP contribution in [-0.2, 0) is 22.6 Å². The van der Waals surface area contributed by atoms with Crippen LogP contribution in [0.2, 0.25) is 0 Å². The number of carboxylic acid groups (broad SMARTS) is 1. The van der Waals surface area contributed by atoms with E-state index in [0.717, 1.165) is 57.7 Å². The van der Waals surface area contributed by atoms with Crippen LogP contribution in [0.15, 0.2) is 24.7 Å². The number of aryl methyl sites for hydroxylation is 2. The van der Waals surface area contributed by atoms with Gasteiger partial charge < -0.3 is 14.6 Å². The number of hydrogen-bond donors (Lipinski definition) is 1. The molecule has 0 aromatic carbocycles. The Kier molecular flexibility index (Phi) is 8.47. The van der Waals surface area contributed by atoms with E-state index < -0.39 is 12.1 Å². The first-order chi connectivity index (χ1) is 16.1. The summed E-state index contributed by atoms with van der Waals surface area (Å²) in [5.41, 5.74) is 2.26. The predicted molar refractivity (Wildman–Crippen MR) is 115 cm³/mol. The lowest BCUT2D eigenvalue weighted by Gasteiger charge is -2.53. The minimum atomic E-state index is -5.08. The van der Waals surface area contributed by atoms with Crippen molar-refractivity contribution in [3.05, 3.63) is 35.9 Å². The Balaban J connectivity index is 0.000000406. The molecule has 0 saturated carbocycles. The first-order valence-electron chi connectivity index (χ1n) is 11.2. The maximum atomic E-state index is 10.6. The molecule has 0 aliphatic carbocycles. The smallest absolute Gasteiger partial charge is 0.475 e. The summed E-state index contributed by atoms with van der Waals surface area (Å²) in [6.07, 6.45) is 4.04. The minimum absolute atomic E-state index is 0.0451. The molecule has 2 fully saturated rings. The van der Waals surface area contributed by atoms with Crippen molar-refractivity contribution in [1.29, 1.82) is 0 Å². The maximum Gasteiger partial charge on any atom is 0.490 e. The molecule has 0 bridgehead atoms. The molecule has 2 aliphatic heterocycles. The quantitative estimate of drug-likeness (QED) is 0.638. The number of alkyl halides is 3. The summed E-state index contributed by atoms with van der Waals surface area (Å²) >= 11 is 0. The molecule has 9 nitrogen and oxygen atoms in total.